The van der Waals surface area contributed by atoms with E-state index in [9.17, 15) is 9.59 Å². The van der Waals surface area contributed by atoms with E-state index in [1.807, 2.05) is 46.0 Å². The Morgan fingerprint density at radius 3 is 2.48 bits per heavy atom. The summed E-state index contributed by atoms with van der Waals surface area (Å²) in [7, 11) is 1.85. The van der Waals surface area contributed by atoms with Crippen molar-refractivity contribution in [3.05, 3.63) is 81.2 Å². The Bertz CT molecular complexity index is 1400. The standard InChI is InChI=1S/C24H25N7O2/c1-13-7-14(2)30-23(33)20(13)12-26-22(32)19-9-16(17-10-27-24(25)28-11-17)8-18(15(19)3)21-5-6-29-31(21)4/h5-11H,12H2,1-4H3,(H,26,32)(H,30,33)(H2,25,27,28). The van der Waals surface area contributed by atoms with Gasteiger partial charge in [-0.2, -0.15) is 5.10 Å². The van der Waals surface area contributed by atoms with Crippen LogP contribution < -0.4 is 16.6 Å². The van der Waals surface area contributed by atoms with Crippen LogP contribution in [0.4, 0.5) is 5.95 Å². The number of nitrogens with two attached hydrogens (primary N) is 1. The Hall–Kier alpha value is -4.27. The summed E-state index contributed by atoms with van der Waals surface area (Å²) in [5.41, 5.74) is 12.1. The van der Waals surface area contributed by atoms with Gasteiger partial charge in [0.2, 0.25) is 5.95 Å². The van der Waals surface area contributed by atoms with E-state index in [1.165, 1.54) is 0 Å². The van der Waals surface area contributed by atoms with Crippen LogP contribution in [0.15, 0.2) is 47.7 Å². The number of aryl methyl sites for hydroxylation is 3. The predicted molar refractivity (Wildman–Crippen MR) is 127 cm³/mol. The van der Waals surface area contributed by atoms with Crippen LogP contribution >= 0.6 is 0 Å². The maximum absolute atomic E-state index is 13.3. The molecule has 0 aliphatic rings. The monoisotopic (exact) mass is 443 g/mol. The maximum atomic E-state index is 13.3. The third-order valence-electron chi connectivity index (χ3n) is 5.67. The third kappa shape index (κ3) is 4.38. The van der Waals surface area contributed by atoms with Crippen LogP contribution in [0.2, 0.25) is 0 Å². The fraction of sp³-hybridized carbons (Fsp3) is 0.208. The number of carbonyl (C=O) groups is 1. The summed E-state index contributed by atoms with van der Waals surface area (Å²) in [6.45, 7) is 5.70. The molecule has 4 rings (SSSR count). The number of amides is 1. The minimum absolute atomic E-state index is 0.121. The molecule has 0 saturated heterocycles. The van der Waals surface area contributed by atoms with Gasteiger partial charge >= 0.3 is 0 Å². The molecule has 0 saturated carbocycles. The molecule has 0 aliphatic heterocycles. The lowest BCUT2D eigenvalue weighted by molar-refractivity contribution is 0.0950. The number of pyridine rings is 1. The van der Waals surface area contributed by atoms with Crippen LogP contribution in [0.1, 0.15) is 32.7 Å². The fourth-order valence-corrected chi connectivity index (χ4v) is 3.87. The van der Waals surface area contributed by atoms with E-state index in [0.29, 0.717) is 11.1 Å². The molecule has 168 valence electrons. The van der Waals surface area contributed by atoms with Gasteiger partial charge in [0, 0.05) is 60.1 Å². The number of rotatable bonds is 5. The quantitative estimate of drug-likeness (QED) is 0.435. The number of aromatic nitrogens is 5. The molecule has 0 bridgehead atoms. The van der Waals surface area contributed by atoms with Crippen LogP contribution in [0.3, 0.4) is 0 Å². The van der Waals surface area contributed by atoms with Gasteiger partial charge in [0.1, 0.15) is 0 Å². The summed E-state index contributed by atoms with van der Waals surface area (Å²) < 4.78 is 1.75. The van der Waals surface area contributed by atoms with Gasteiger partial charge in [-0.15, -0.1) is 0 Å². The van der Waals surface area contributed by atoms with Gasteiger partial charge < -0.3 is 16.0 Å². The van der Waals surface area contributed by atoms with Gasteiger partial charge in [0.05, 0.1) is 5.69 Å². The highest BCUT2D eigenvalue weighted by atomic mass is 16.1. The summed E-state index contributed by atoms with van der Waals surface area (Å²) in [5, 5.41) is 7.16. The fourth-order valence-electron chi connectivity index (χ4n) is 3.87. The summed E-state index contributed by atoms with van der Waals surface area (Å²) >= 11 is 0. The number of H-pyrrole nitrogens is 1. The molecule has 1 aromatic carbocycles. The summed E-state index contributed by atoms with van der Waals surface area (Å²) in [4.78, 5) is 36.6. The molecule has 0 radical (unpaired) electrons. The van der Waals surface area contributed by atoms with E-state index in [2.05, 4.69) is 25.4 Å². The molecule has 0 unspecified atom stereocenters. The molecular formula is C24H25N7O2. The number of hydrogen-bond acceptors (Lipinski definition) is 6. The average molecular weight is 444 g/mol. The highest BCUT2D eigenvalue weighted by molar-refractivity contribution is 5.99. The number of nitrogens with zero attached hydrogens (tertiary/aromatic N) is 4. The second kappa shape index (κ2) is 8.70. The molecule has 9 heteroatoms. The first kappa shape index (κ1) is 21.9. The van der Waals surface area contributed by atoms with E-state index in [4.69, 9.17) is 5.73 Å². The minimum atomic E-state index is -0.284. The van der Waals surface area contributed by atoms with Gasteiger partial charge in [0.25, 0.3) is 11.5 Å². The number of nitrogens with one attached hydrogen (secondary N) is 2. The van der Waals surface area contributed by atoms with Crippen molar-refractivity contribution < 1.29 is 4.79 Å². The first-order valence-corrected chi connectivity index (χ1v) is 10.4. The van der Waals surface area contributed by atoms with Gasteiger partial charge in [-0.3, -0.25) is 14.3 Å². The van der Waals surface area contributed by atoms with E-state index in [0.717, 1.165) is 39.2 Å². The number of anilines is 1. The molecular weight excluding hydrogens is 418 g/mol. The molecule has 0 atom stereocenters. The van der Waals surface area contributed by atoms with Crippen LogP contribution in [0, 0.1) is 20.8 Å². The number of carbonyl (C=O) groups excluding carboxylic acids is 1. The van der Waals surface area contributed by atoms with Crippen molar-refractivity contribution in [2.75, 3.05) is 5.73 Å². The molecule has 4 aromatic rings. The van der Waals surface area contributed by atoms with Gasteiger partial charge in [-0.25, -0.2) is 9.97 Å². The van der Waals surface area contributed by atoms with Crippen LogP contribution in [-0.4, -0.2) is 30.6 Å². The zero-order valence-corrected chi connectivity index (χ0v) is 18.9. The van der Waals surface area contributed by atoms with Crippen LogP contribution in [0.25, 0.3) is 22.4 Å². The maximum Gasteiger partial charge on any atom is 0.253 e. The second-order valence-electron chi connectivity index (χ2n) is 7.99. The molecule has 1 amide bonds. The molecule has 0 aliphatic carbocycles. The minimum Gasteiger partial charge on any atom is -0.368 e. The van der Waals surface area contributed by atoms with Crippen molar-refractivity contribution in [1.29, 1.82) is 0 Å². The van der Waals surface area contributed by atoms with Crippen molar-refractivity contribution in [2.45, 2.75) is 27.3 Å². The van der Waals surface area contributed by atoms with Crippen molar-refractivity contribution in [3.63, 3.8) is 0 Å². The number of aromatic amines is 1. The lowest BCUT2D eigenvalue weighted by Crippen LogP contribution is -2.28. The zero-order valence-electron chi connectivity index (χ0n) is 18.9. The van der Waals surface area contributed by atoms with Gasteiger partial charge in [-0.1, -0.05) is 0 Å². The number of hydrogen-bond donors (Lipinski definition) is 3. The summed E-state index contributed by atoms with van der Waals surface area (Å²) in [5.74, 6) is -0.108. The number of benzene rings is 1. The molecule has 0 fully saturated rings. The Labute approximate surface area is 190 Å². The van der Waals surface area contributed by atoms with Gasteiger partial charge in [-0.05, 0) is 61.7 Å². The Morgan fingerprint density at radius 1 is 1.12 bits per heavy atom. The normalized spacial score (nSPS) is 10.9. The van der Waals surface area contributed by atoms with E-state index < -0.39 is 0 Å². The van der Waals surface area contributed by atoms with E-state index in [1.54, 1.807) is 29.3 Å². The molecule has 33 heavy (non-hydrogen) atoms. The van der Waals surface area contributed by atoms with Crippen molar-refractivity contribution in [1.82, 2.24) is 30.0 Å². The molecule has 3 heterocycles. The number of nitrogen functional groups attached to an aromatic ring is 1. The first-order chi connectivity index (χ1) is 15.7. The van der Waals surface area contributed by atoms with Crippen molar-refractivity contribution in [3.8, 4) is 22.4 Å². The second-order valence-corrected chi connectivity index (χ2v) is 7.99. The molecule has 3 aromatic heterocycles. The zero-order chi connectivity index (χ0) is 23.7. The third-order valence-corrected chi connectivity index (χ3v) is 5.67. The highest BCUT2D eigenvalue weighted by Crippen LogP contribution is 2.31. The summed E-state index contributed by atoms with van der Waals surface area (Å²) in [6.07, 6.45) is 4.95. The molecule has 4 N–H and O–H groups in total. The van der Waals surface area contributed by atoms with Crippen LogP contribution in [-0.2, 0) is 13.6 Å². The van der Waals surface area contributed by atoms with E-state index >= 15 is 0 Å². The van der Waals surface area contributed by atoms with Crippen molar-refractivity contribution >= 4 is 11.9 Å². The average Bonchev–Trinajstić information content (AvgIpc) is 3.19. The largest absolute Gasteiger partial charge is 0.368 e. The summed E-state index contributed by atoms with van der Waals surface area (Å²) in [6, 6.07) is 7.55. The first-order valence-electron chi connectivity index (χ1n) is 10.4. The Balaban J connectivity index is 1.76. The lowest BCUT2D eigenvalue weighted by atomic mass is 9.94. The molecule has 0 spiro atoms. The highest BCUT2D eigenvalue weighted by Gasteiger charge is 2.18. The lowest BCUT2D eigenvalue weighted by Gasteiger charge is -2.15. The van der Waals surface area contributed by atoms with Gasteiger partial charge in [0.15, 0.2) is 0 Å². The predicted octanol–water partition coefficient (Wildman–Crippen LogP) is 2.67. The Morgan fingerprint density at radius 2 is 1.85 bits per heavy atom. The SMILES string of the molecule is Cc1cc(C)c(CNC(=O)c2cc(-c3cnc(N)nc3)cc(-c3ccnn3C)c2C)c(=O)[nH]1. The van der Waals surface area contributed by atoms with Crippen LogP contribution in [0.5, 0.6) is 0 Å². The Kier molecular flexibility index (Phi) is 5.78. The molecule has 9 nitrogen and oxygen atoms in total. The topological polar surface area (TPSA) is 132 Å². The van der Waals surface area contributed by atoms with Crippen molar-refractivity contribution in [2.24, 2.45) is 7.05 Å². The smallest absolute Gasteiger partial charge is 0.253 e. The van der Waals surface area contributed by atoms with E-state index in [-0.39, 0.29) is 24.0 Å².